The van der Waals surface area contributed by atoms with Gasteiger partial charge in [0.15, 0.2) is 6.10 Å². The van der Waals surface area contributed by atoms with Crippen molar-refractivity contribution in [1.82, 2.24) is 0 Å². The molecule has 0 amide bonds. The number of carboxylic acid groups (broad SMARTS) is 1. The van der Waals surface area contributed by atoms with E-state index in [9.17, 15) is 9.90 Å². The quantitative estimate of drug-likeness (QED) is 0.660. The van der Waals surface area contributed by atoms with Gasteiger partial charge in [0.05, 0.1) is 8.95 Å². The highest BCUT2D eigenvalue weighted by Crippen LogP contribution is 2.36. The number of hydrogen-bond donors (Lipinski definition) is 2. The molecule has 0 saturated heterocycles. The molecule has 4 nitrogen and oxygen atoms in total. The minimum absolute atomic E-state index is 0.113. The third kappa shape index (κ3) is 5.60. The molecule has 0 aliphatic rings. The second kappa shape index (κ2) is 8.76. The normalized spacial score (nSPS) is 13.8. The first-order valence-electron chi connectivity index (χ1n) is 7.01. The summed E-state index contributed by atoms with van der Waals surface area (Å²) in [4.78, 5) is 11.2. The van der Waals surface area contributed by atoms with E-state index in [-0.39, 0.29) is 6.04 Å². The van der Waals surface area contributed by atoms with Crippen molar-refractivity contribution in [2.75, 3.05) is 0 Å². The van der Waals surface area contributed by atoms with E-state index in [0.29, 0.717) is 12.2 Å². The molecule has 1 rings (SSSR count). The zero-order valence-electron chi connectivity index (χ0n) is 12.2. The summed E-state index contributed by atoms with van der Waals surface area (Å²) < 4.78 is 7.11. The van der Waals surface area contributed by atoms with Gasteiger partial charge in [0, 0.05) is 6.04 Å². The maximum Gasteiger partial charge on any atom is 0.344 e. The number of aliphatic carboxylic acids is 1. The van der Waals surface area contributed by atoms with E-state index in [1.54, 1.807) is 0 Å². The molecule has 0 aromatic heterocycles. The first-order valence-corrected chi connectivity index (χ1v) is 8.60. The molecule has 0 aliphatic carbocycles. The molecule has 0 heterocycles. The average Bonchev–Trinajstić information content (AvgIpc) is 2.41. The zero-order valence-corrected chi connectivity index (χ0v) is 15.4. The van der Waals surface area contributed by atoms with Gasteiger partial charge < -0.3 is 15.6 Å². The minimum Gasteiger partial charge on any atom is -0.479 e. The van der Waals surface area contributed by atoms with Gasteiger partial charge in [-0.05, 0) is 68.8 Å². The summed E-state index contributed by atoms with van der Waals surface area (Å²) in [5.41, 5.74) is 7.04. The van der Waals surface area contributed by atoms with Crippen LogP contribution in [0.4, 0.5) is 0 Å². The van der Waals surface area contributed by atoms with Crippen molar-refractivity contribution in [3.8, 4) is 5.75 Å². The van der Waals surface area contributed by atoms with Crippen LogP contribution in [0.3, 0.4) is 0 Å². The first-order chi connectivity index (χ1) is 9.88. The van der Waals surface area contributed by atoms with E-state index in [1.807, 2.05) is 19.1 Å². The van der Waals surface area contributed by atoms with Crippen LogP contribution in [-0.4, -0.2) is 23.2 Å². The molecule has 3 N–H and O–H groups in total. The van der Waals surface area contributed by atoms with Crippen LogP contribution in [0, 0.1) is 0 Å². The number of carboxylic acids is 1. The number of ether oxygens (including phenoxy) is 1. The third-order valence-corrected chi connectivity index (χ3v) is 4.34. The van der Waals surface area contributed by atoms with E-state index in [4.69, 9.17) is 10.5 Å². The third-order valence-electron chi connectivity index (χ3n) is 3.17. The minimum atomic E-state index is -0.951. The number of halogens is 2. The van der Waals surface area contributed by atoms with Gasteiger partial charge in [-0.3, -0.25) is 0 Å². The second-order valence-electron chi connectivity index (χ2n) is 4.99. The molecular formula is C15H21Br2NO3. The largest absolute Gasteiger partial charge is 0.479 e. The standard InChI is InChI=1S/C15H21Br2NO3/c1-3-5-13(15(19)20)21-14-11(16)7-9(8-12(14)17)6-10(18)4-2/h7-8,10,13H,3-6,18H2,1-2H3,(H,19,20). The predicted octanol–water partition coefficient (Wildman–Crippen LogP) is 4.12. The number of benzene rings is 1. The number of hydrogen-bond acceptors (Lipinski definition) is 3. The molecule has 2 unspecified atom stereocenters. The van der Waals surface area contributed by atoms with E-state index in [2.05, 4.69) is 38.8 Å². The van der Waals surface area contributed by atoms with E-state index >= 15 is 0 Å². The monoisotopic (exact) mass is 421 g/mol. The topological polar surface area (TPSA) is 72.5 Å². The summed E-state index contributed by atoms with van der Waals surface area (Å²) in [7, 11) is 0. The zero-order chi connectivity index (χ0) is 16.0. The molecule has 0 fully saturated rings. The Balaban J connectivity index is 2.96. The van der Waals surface area contributed by atoms with Crippen molar-refractivity contribution in [2.24, 2.45) is 5.73 Å². The molecule has 0 saturated carbocycles. The summed E-state index contributed by atoms with van der Waals surface area (Å²) in [6.07, 6.45) is 2.05. The Labute approximate surface area is 142 Å². The van der Waals surface area contributed by atoms with Gasteiger partial charge in [-0.2, -0.15) is 0 Å². The van der Waals surface area contributed by atoms with E-state index < -0.39 is 12.1 Å². The highest BCUT2D eigenvalue weighted by molar-refractivity contribution is 9.11. The lowest BCUT2D eigenvalue weighted by molar-refractivity contribution is -0.145. The van der Waals surface area contributed by atoms with Crippen molar-refractivity contribution in [3.63, 3.8) is 0 Å². The molecule has 21 heavy (non-hydrogen) atoms. The van der Waals surface area contributed by atoms with Crippen LogP contribution in [0.2, 0.25) is 0 Å². The van der Waals surface area contributed by atoms with Gasteiger partial charge in [0.1, 0.15) is 5.75 Å². The molecule has 2 atom stereocenters. The number of carbonyl (C=O) groups is 1. The van der Waals surface area contributed by atoms with Crippen LogP contribution in [0.25, 0.3) is 0 Å². The van der Waals surface area contributed by atoms with Crippen molar-refractivity contribution >= 4 is 37.8 Å². The molecule has 118 valence electrons. The summed E-state index contributed by atoms with van der Waals surface area (Å²) in [6, 6.07) is 3.98. The van der Waals surface area contributed by atoms with Crippen LogP contribution < -0.4 is 10.5 Å². The fourth-order valence-electron chi connectivity index (χ4n) is 1.93. The van der Waals surface area contributed by atoms with Gasteiger partial charge >= 0.3 is 5.97 Å². The predicted molar refractivity (Wildman–Crippen MR) is 90.8 cm³/mol. The van der Waals surface area contributed by atoms with E-state index in [0.717, 1.165) is 33.8 Å². The fraction of sp³-hybridized carbons (Fsp3) is 0.533. The highest BCUT2D eigenvalue weighted by Gasteiger charge is 2.21. The molecule has 0 bridgehead atoms. The molecule has 0 radical (unpaired) electrons. The van der Waals surface area contributed by atoms with Crippen LogP contribution >= 0.6 is 31.9 Å². The highest BCUT2D eigenvalue weighted by atomic mass is 79.9. The van der Waals surface area contributed by atoms with Crippen molar-refractivity contribution in [2.45, 2.75) is 51.7 Å². The first kappa shape index (κ1) is 18.5. The van der Waals surface area contributed by atoms with Crippen molar-refractivity contribution < 1.29 is 14.6 Å². The van der Waals surface area contributed by atoms with Crippen molar-refractivity contribution in [1.29, 1.82) is 0 Å². The SMILES string of the molecule is CCCC(Oc1c(Br)cc(CC(N)CC)cc1Br)C(=O)O. The Bertz CT molecular complexity index is 471. The van der Waals surface area contributed by atoms with Crippen LogP contribution in [0.15, 0.2) is 21.1 Å². The number of nitrogens with two attached hydrogens (primary N) is 1. The lowest BCUT2D eigenvalue weighted by Gasteiger charge is -2.18. The maximum atomic E-state index is 11.2. The van der Waals surface area contributed by atoms with Crippen LogP contribution in [0.1, 0.15) is 38.7 Å². The molecule has 1 aromatic rings. The summed E-state index contributed by atoms with van der Waals surface area (Å²) >= 11 is 6.90. The Hall–Kier alpha value is -0.590. The van der Waals surface area contributed by atoms with Crippen LogP contribution in [0.5, 0.6) is 5.75 Å². The van der Waals surface area contributed by atoms with Gasteiger partial charge in [-0.15, -0.1) is 0 Å². The summed E-state index contributed by atoms with van der Waals surface area (Å²) in [5, 5.41) is 9.18. The van der Waals surface area contributed by atoms with Gasteiger partial charge in [-0.25, -0.2) is 4.79 Å². The Morgan fingerprint density at radius 3 is 2.33 bits per heavy atom. The Morgan fingerprint density at radius 1 is 1.33 bits per heavy atom. The summed E-state index contributed by atoms with van der Waals surface area (Å²) in [5.74, 6) is -0.433. The van der Waals surface area contributed by atoms with Gasteiger partial charge in [-0.1, -0.05) is 20.3 Å². The van der Waals surface area contributed by atoms with Crippen LogP contribution in [-0.2, 0) is 11.2 Å². The lowest BCUT2D eigenvalue weighted by atomic mass is 10.0. The van der Waals surface area contributed by atoms with Gasteiger partial charge in [0.25, 0.3) is 0 Å². The number of rotatable bonds is 8. The molecule has 1 aromatic carbocycles. The Kier molecular flexibility index (Phi) is 7.70. The lowest BCUT2D eigenvalue weighted by Crippen LogP contribution is -2.27. The van der Waals surface area contributed by atoms with Gasteiger partial charge in [0.2, 0.25) is 0 Å². The molecule has 0 spiro atoms. The maximum absolute atomic E-state index is 11.2. The second-order valence-corrected chi connectivity index (χ2v) is 6.70. The Morgan fingerprint density at radius 2 is 1.90 bits per heavy atom. The molecule has 0 aliphatic heterocycles. The van der Waals surface area contributed by atoms with E-state index in [1.165, 1.54) is 0 Å². The summed E-state index contributed by atoms with van der Waals surface area (Å²) in [6.45, 7) is 3.98. The molecular weight excluding hydrogens is 402 g/mol. The average molecular weight is 423 g/mol. The van der Waals surface area contributed by atoms with Crippen molar-refractivity contribution in [3.05, 3.63) is 26.6 Å². The fourth-order valence-corrected chi connectivity index (χ4v) is 3.40. The molecule has 6 heteroatoms. The smallest absolute Gasteiger partial charge is 0.344 e.